The summed E-state index contributed by atoms with van der Waals surface area (Å²) in [5.41, 5.74) is 17.6. The fourth-order valence-electron chi connectivity index (χ4n) is 4.63. The number of hydrogen-bond acceptors (Lipinski definition) is 5. The number of aliphatic hydroxyl groups is 1. The molecule has 0 aliphatic carbocycles. The second kappa shape index (κ2) is 10.1. The molecule has 0 amide bonds. The number of aryl methyl sites for hydroxylation is 2. The number of nitrogens with zero attached hydrogens (tertiary/aromatic N) is 3. The van der Waals surface area contributed by atoms with Gasteiger partial charge in [0.2, 0.25) is 0 Å². The van der Waals surface area contributed by atoms with Crippen molar-refractivity contribution in [2.24, 2.45) is 5.73 Å². The first-order valence-corrected chi connectivity index (χ1v) is 12.4. The van der Waals surface area contributed by atoms with Crippen molar-refractivity contribution in [1.82, 2.24) is 14.5 Å². The molecular formula is C28H37N5O. The van der Waals surface area contributed by atoms with E-state index in [1.807, 2.05) is 13.8 Å². The normalized spacial score (nSPS) is 12.1. The van der Waals surface area contributed by atoms with Gasteiger partial charge in [0.05, 0.1) is 23.2 Å². The van der Waals surface area contributed by atoms with Crippen molar-refractivity contribution in [3.63, 3.8) is 0 Å². The van der Waals surface area contributed by atoms with Gasteiger partial charge in [-0.05, 0) is 68.8 Å². The molecule has 180 valence electrons. The highest BCUT2D eigenvalue weighted by atomic mass is 16.3. The van der Waals surface area contributed by atoms with Gasteiger partial charge >= 0.3 is 0 Å². The number of fused-ring (bicyclic) bond motifs is 3. The van der Waals surface area contributed by atoms with E-state index < -0.39 is 5.60 Å². The Morgan fingerprint density at radius 1 is 0.971 bits per heavy atom. The molecule has 2 heterocycles. The van der Waals surface area contributed by atoms with Gasteiger partial charge in [-0.2, -0.15) is 0 Å². The molecule has 0 aliphatic rings. The van der Waals surface area contributed by atoms with E-state index in [2.05, 4.69) is 54.0 Å². The summed E-state index contributed by atoms with van der Waals surface area (Å²) >= 11 is 0. The number of nitrogens with two attached hydrogens (primary N) is 2. The minimum absolute atomic E-state index is 0.440. The first-order chi connectivity index (χ1) is 16.3. The Kier molecular flexibility index (Phi) is 7.19. The first-order valence-electron chi connectivity index (χ1n) is 12.4. The van der Waals surface area contributed by atoms with E-state index in [0.717, 1.165) is 66.3 Å². The van der Waals surface area contributed by atoms with Gasteiger partial charge in [0.15, 0.2) is 5.82 Å². The van der Waals surface area contributed by atoms with E-state index in [4.69, 9.17) is 21.4 Å². The summed E-state index contributed by atoms with van der Waals surface area (Å²) in [5, 5.41) is 11.6. The highest BCUT2D eigenvalue weighted by Crippen LogP contribution is 2.31. The van der Waals surface area contributed by atoms with Crippen LogP contribution in [-0.4, -0.2) is 31.8 Å². The summed E-state index contributed by atoms with van der Waals surface area (Å²) in [6.07, 6.45) is 5.80. The smallest absolute Gasteiger partial charge is 0.152 e. The van der Waals surface area contributed by atoms with Crippen LogP contribution in [0.1, 0.15) is 62.5 Å². The Balaban J connectivity index is 1.76. The maximum Gasteiger partial charge on any atom is 0.152 e. The van der Waals surface area contributed by atoms with Crippen LogP contribution in [-0.2, 0) is 25.8 Å². The Labute approximate surface area is 202 Å². The molecule has 34 heavy (non-hydrogen) atoms. The van der Waals surface area contributed by atoms with Crippen LogP contribution in [0.5, 0.6) is 0 Å². The molecule has 6 heteroatoms. The van der Waals surface area contributed by atoms with Crippen molar-refractivity contribution in [2.75, 3.05) is 12.3 Å². The number of hydrogen-bond donors (Lipinski definition) is 3. The summed E-state index contributed by atoms with van der Waals surface area (Å²) in [6, 6.07) is 15.1. The summed E-state index contributed by atoms with van der Waals surface area (Å²) in [5.74, 6) is 1.40. The van der Waals surface area contributed by atoms with Gasteiger partial charge in [-0.25, -0.2) is 9.97 Å². The number of aromatic nitrogens is 3. The maximum absolute atomic E-state index is 10.6. The molecule has 0 fully saturated rings. The predicted molar refractivity (Wildman–Crippen MR) is 141 cm³/mol. The molecule has 0 aliphatic heterocycles. The van der Waals surface area contributed by atoms with Crippen molar-refractivity contribution in [1.29, 1.82) is 0 Å². The van der Waals surface area contributed by atoms with Gasteiger partial charge in [-0.1, -0.05) is 49.7 Å². The molecular weight excluding hydrogens is 422 g/mol. The zero-order chi connectivity index (χ0) is 24.3. The van der Waals surface area contributed by atoms with Crippen molar-refractivity contribution in [2.45, 2.75) is 71.4 Å². The van der Waals surface area contributed by atoms with Crippen molar-refractivity contribution in [3.05, 3.63) is 65.0 Å². The molecule has 5 N–H and O–H groups in total. The lowest BCUT2D eigenvalue weighted by molar-refractivity contribution is 0.0618. The third-order valence-electron chi connectivity index (χ3n) is 6.22. The van der Waals surface area contributed by atoms with Crippen LogP contribution >= 0.6 is 0 Å². The zero-order valence-electron chi connectivity index (χ0n) is 20.6. The van der Waals surface area contributed by atoms with E-state index in [9.17, 15) is 5.11 Å². The van der Waals surface area contributed by atoms with Crippen LogP contribution in [0.3, 0.4) is 0 Å². The van der Waals surface area contributed by atoms with Crippen molar-refractivity contribution < 1.29 is 5.11 Å². The minimum atomic E-state index is -0.867. The SMILES string of the molecule is CCCCc1nc2c(N)nc3cc(Cc4cccc(CCCN)c4)ccc3c2n1CC(C)(C)O. The second-order valence-electron chi connectivity index (χ2n) is 9.96. The number of anilines is 1. The first kappa shape index (κ1) is 24.2. The van der Waals surface area contributed by atoms with E-state index in [1.165, 1.54) is 16.7 Å². The Morgan fingerprint density at radius 2 is 1.74 bits per heavy atom. The standard InChI is InChI=1S/C28H37N5O/c1-4-5-11-24-32-25-26(33(24)18-28(2,3)34)22-13-12-21(17-23(22)31-27(25)30)16-20-9-6-8-19(15-20)10-7-14-29/h6,8-9,12-13,15,17,34H,4-5,7,10-11,14,16,18,29H2,1-3H3,(H2,30,31). The quantitative estimate of drug-likeness (QED) is 0.317. The highest BCUT2D eigenvalue weighted by molar-refractivity contribution is 6.06. The lowest BCUT2D eigenvalue weighted by atomic mass is 9.99. The Morgan fingerprint density at radius 3 is 2.47 bits per heavy atom. The van der Waals surface area contributed by atoms with Crippen LogP contribution in [0.4, 0.5) is 5.82 Å². The third kappa shape index (κ3) is 5.40. The molecule has 4 aromatic rings. The average Bonchev–Trinajstić information content (AvgIpc) is 3.14. The van der Waals surface area contributed by atoms with Crippen molar-refractivity contribution >= 4 is 27.8 Å². The van der Waals surface area contributed by atoms with Crippen LogP contribution in [0.25, 0.3) is 21.9 Å². The predicted octanol–water partition coefficient (Wildman–Crippen LogP) is 4.76. The molecule has 0 unspecified atom stereocenters. The van der Waals surface area contributed by atoms with Crippen LogP contribution < -0.4 is 11.5 Å². The number of imidazole rings is 1. The van der Waals surface area contributed by atoms with Crippen LogP contribution in [0.2, 0.25) is 0 Å². The lowest BCUT2D eigenvalue weighted by Crippen LogP contribution is -2.27. The summed E-state index contributed by atoms with van der Waals surface area (Å²) in [6.45, 7) is 6.99. The summed E-state index contributed by atoms with van der Waals surface area (Å²) in [7, 11) is 0. The number of rotatable bonds is 10. The van der Waals surface area contributed by atoms with E-state index in [0.29, 0.717) is 18.9 Å². The van der Waals surface area contributed by atoms with Gasteiger partial charge in [-0.3, -0.25) is 0 Å². The number of unbranched alkanes of at least 4 members (excludes halogenated alkanes) is 1. The van der Waals surface area contributed by atoms with E-state index >= 15 is 0 Å². The molecule has 0 bridgehead atoms. The molecule has 4 rings (SSSR count). The van der Waals surface area contributed by atoms with Crippen molar-refractivity contribution in [3.8, 4) is 0 Å². The molecule has 2 aromatic carbocycles. The van der Waals surface area contributed by atoms with Gasteiger partial charge < -0.3 is 21.1 Å². The molecule has 0 saturated carbocycles. The number of pyridine rings is 1. The van der Waals surface area contributed by atoms with Gasteiger partial charge in [0, 0.05) is 11.8 Å². The fourth-order valence-corrected chi connectivity index (χ4v) is 4.63. The summed E-state index contributed by atoms with van der Waals surface area (Å²) in [4.78, 5) is 9.58. The lowest BCUT2D eigenvalue weighted by Gasteiger charge is -2.21. The molecule has 6 nitrogen and oxygen atoms in total. The monoisotopic (exact) mass is 459 g/mol. The Hall–Kier alpha value is -2.96. The molecule has 0 radical (unpaired) electrons. The fraction of sp³-hybridized carbons (Fsp3) is 0.429. The minimum Gasteiger partial charge on any atom is -0.389 e. The topological polar surface area (TPSA) is 103 Å². The summed E-state index contributed by atoms with van der Waals surface area (Å²) < 4.78 is 2.14. The molecule has 2 aromatic heterocycles. The van der Waals surface area contributed by atoms with E-state index in [1.54, 1.807) is 0 Å². The van der Waals surface area contributed by atoms with Gasteiger partial charge in [-0.15, -0.1) is 0 Å². The highest BCUT2D eigenvalue weighted by Gasteiger charge is 2.22. The van der Waals surface area contributed by atoms with Crippen LogP contribution in [0, 0.1) is 0 Å². The number of nitrogen functional groups attached to an aromatic ring is 1. The maximum atomic E-state index is 10.6. The zero-order valence-corrected chi connectivity index (χ0v) is 20.6. The van der Waals surface area contributed by atoms with Crippen LogP contribution in [0.15, 0.2) is 42.5 Å². The third-order valence-corrected chi connectivity index (χ3v) is 6.22. The molecule has 0 atom stereocenters. The van der Waals surface area contributed by atoms with Gasteiger partial charge in [0.1, 0.15) is 11.3 Å². The Bertz CT molecular complexity index is 1290. The number of benzene rings is 2. The van der Waals surface area contributed by atoms with E-state index in [-0.39, 0.29) is 0 Å². The van der Waals surface area contributed by atoms with Gasteiger partial charge in [0.25, 0.3) is 0 Å². The molecule has 0 saturated heterocycles. The molecule has 0 spiro atoms. The second-order valence-corrected chi connectivity index (χ2v) is 9.96. The average molecular weight is 460 g/mol. The largest absolute Gasteiger partial charge is 0.389 e.